The number of ether oxygens (including phenoxy) is 2. The number of carbonyl (C=O) groups is 2. The van der Waals surface area contributed by atoms with E-state index >= 15 is 0 Å². The van der Waals surface area contributed by atoms with Crippen molar-refractivity contribution < 1.29 is 27.9 Å². The summed E-state index contributed by atoms with van der Waals surface area (Å²) in [6.45, 7) is 3.63. The van der Waals surface area contributed by atoms with Crippen molar-refractivity contribution in [3.05, 3.63) is 60.8 Å². The zero-order chi connectivity index (χ0) is 24.3. The van der Waals surface area contributed by atoms with Crippen LogP contribution in [0.25, 0.3) is 22.3 Å². The van der Waals surface area contributed by atoms with Gasteiger partial charge in [0, 0.05) is 23.7 Å². The van der Waals surface area contributed by atoms with Crippen LogP contribution in [-0.4, -0.2) is 36.6 Å². The Kier molecular flexibility index (Phi) is 6.27. The summed E-state index contributed by atoms with van der Waals surface area (Å²) in [6.07, 6.45) is 3.26. The average molecular weight is 463 g/mol. The summed E-state index contributed by atoms with van der Waals surface area (Å²) in [5.74, 6) is 0.801. The molecule has 0 atom stereocenters. The van der Waals surface area contributed by atoms with Crippen molar-refractivity contribution >= 4 is 28.5 Å². The minimum atomic E-state index is -0.797. The van der Waals surface area contributed by atoms with Crippen LogP contribution in [0.4, 0.5) is 5.69 Å². The molecule has 0 aliphatic carbocycles. The van der Waals surface area contributed by atoms with Gasteiger partial charge in [-0.05, 0) is 44.2 Å². The van der Waals surface area contributed by atoms with Crippen molar-refractivity contribution in [3.63, 3.8) is 0 Å². The maximum Gasteiger partial charge on any atom is 0.313 e. The Labute approximate surface area is 196 Å². The molecule has 0 saturated carbocycles. The molecule has 0 spiro atoms. The van der Waals surface area contributed by atoms with Crippen LogP contribution in [0.3, 0.4) is 0 Å². The normalized spacial score (nSPS) is 11.3. The van der Waals surface area contributed by atoms with Crippen LogP contribution >= 0.6 is 0 Å². The molecule has 0 radical (unpaired) electrons. The highest BCUT2D eigenvalue weighted by Gasteiger charge is 2.27. The maximum absolute atomic E-state index is 12.6. The lowest BCUT2D eigenvalue weighted by atomic mass is 9.98. The number of rotatable bonds is 7. The lowest BCUT2D eigenvalue weighted by molar-refractivity contribution is -0.137. The van der Waals surface area contributed by atoms with Gasteiger partial charge in [-0.15, -0.1) is 0 Å². The molecule has 2 amide bonds. The van der Waals surface area contributed by atoms with Gasteiger partial charge in [-0.1, -0.05) is 6.07 Å². The summed E-state index contributed by atoms with van der Waals surface area (Å²) in [5, 5.41) is 6.21. The molecule has 2 heterocycles. The second kappa shape index (κ2) is 9.30. The van der Waals surface area contributed by atoms with E-state index in [-0.39, 0.29) is 0 Å². The summed E-state index contributed by atoms with van der Waals surface area (Å²) in [4.78, 5) is 29.0. The van der Waals surface area contributed by atoms with Gasteiger partial charge in [0.15, 0.2) is 12.2 Å². The van der Waals surface area contributed by atoms with Gasteiger partial charge in [-0.3, -0.25) is 9.59 Å². The topological polar surface area (TPSA) is 116 Å². The molecule has 0 aliphatic rings. The minimum Gasteiger partial charge on any atom is -0.496 e. The number of carbonyl (C=O) groups excluding carboxylic acids is 2. The number of nitrogens with one attached hydrogen (secondary N) is 2. The van der Waals surface area contributed by atoms with E-state index in [9.17, 15) is 9.59 Å². The lowest BCUT2D eigenvalue weighted by Gasteiger charge is -2.24. The SMILES string of the molecule is COc1cc(NC(=O)C(=O)NC(C)(C)Cc2cc3c(OC)cccc3o2)ccc1-c1cnco1. The van der Waals surface area contributed by atoms with E-state index in [2.05, 4.69) is 15.6 Å². The number of oxazole rings is 1. The van der Waals surface area contributed by atoms with Gasteiger partial charge in [-0.25, -0.2) is 4.98 Å². The molecule has 176 valence electrons. The number of hydrogen-bond donors (Lipinski definition) is 2. The second-order valence-electron chi connectivity index (χ2n) is 8.33. The molecule has 0 aliphatic heterocycles. The quantitative estimate of drug-likeness (QED) is 0.395. The molecule has 9 heteroatoms. The number of fused-ring (bicyclic) bond motifs is 1. The van der Waals surface area contributed by atoms with E-state index < -0.39 is 17.4 Å². The van der Waals surface area contributed by atoms with Crippen LogP contribution in [0.1, 0.15) is 19.6 Å². The molecule has 4 rings (SSSR count). The largest absolute Gasteiger partial charge is 0.496 e. The molecule has 34 heavy (non-hydrogen) atoms. The fraction of sp³-hybridized carbons (Fsp3) is 0.240. The van der Waals surface area contributed by atoms with Crippen molar-refractivity contribution in [2.75, 3.05) is 19.5 Å². The summed E-state index contributed by atoms with van der Waals surface area (Å²) in [6, 6.07) is 12.4. The van der Waals surface area contributed by atoms with Gasteiger partial charge in [0.05, 0.1) is 31.4 Å². The summed E-state index contributed by atoms with van der Waals surface area (Å²) in [7, 11) is 3.10. The molecule has 2 aromatic heterocycles. The van der Waals surface area contributed by atoms with Crippen molar-refractivity contribution in [3.8, 4) is 22.8 Å². The highest BCUT2D eigenvalue weighted by atomic mass is 16.5. The first-order valence-electron chi connectivity index (χ1n) is 10.6. The zero-order valence-electron chi connectivity index (χ0n) is 19.3. The number of hydrogen-bond acceptors (Lipinski definition) is 7. The molecule has 0 fully saturated rings. The number of methoxy groups -OCH3 is 2. The fourth-order valence-electron chi connectivity index (χ4n) is 3.71. The third-order valence-corrected chi connectivity index (χ3v) is 5.22. The molecule has 2 N–H and O–H groups in total. The summed E-state index contributed by atoms with van der Waals surface area (Å²) < 4.78 is 21.9. The third kappa shape index (κ3) is 4.88. The molecule has 2 aromatic carbocycles. The third-order valence-electron chi connectivity index (χ3n) is 5.22. The average Bonchev–Trinajstić information content (AvgIpc) is 3.47. The van der Waals surface area contributed by atoms with Gasteiger partial charge in [0.1, 0.15) is 22.8 Å². The van der Waals surface area contributed by atoms with Crippen molar-refractivity contribution in [2.24, 2.45) is 0 Å². The Morgan fingerprint density at radius 2 is 1.82 bits per heavy atom. The van der Waals surface area contributed by atoms with Gasteiger partial charge in [0.25, 0.3) is 0 Å². The van der Waals surface area contributed by atoms with E-state index in [1.54, 1.807) is 31.5 Å². The zero-order valence-corrected chi connectivity index (χ0v) is 19.3. The molecular weight excluding hydrogens is 438 g/mol. The van der Waals surface area contributed by atoms with Crippen LogP contribution in [0.15, 0.2) is 63.9 Å². The van der Waals surface area contributed by atoms with E-state index in [1.807, 2.05) is 38.1 Å². The van der Waals surface area contributed by atoms with Crippen LogP contribution in [0, 0.1) is 0 Å². The Balaban J connectivity index is 1.42. The first kappa shape index (κ1) is 22.9. The number of amides is 2. The Hall–Kier alpha value is -4.27. The number of benzene rings is 2. The van der Waals surface area contributed by atoms with E-state index in [0.717, 1.165) is 5.39 Å². The molecule has 4 aromatic rings. The molecular formula is C25H25N3O6. The summed E-state index contributed by atoms with van der Waals surface area (Å²) >= 11 is 0. The van der Waals surface area contributed by atoms with Crippen molar-refractivity contribution in [2.45, 2.75) is 25.8 Å². The predicted molar refractivity (Wildman–Crippen MR) is 126 cm³/mol. The highest BCUT2D eigenvalue weighted by molar-refractivity contribution is 6.39. The Morgan fingerprint density at radius 3 is 2.53 bits per heavy atom. The Bertz CT molecular complexity index is 1320. The fourth-order valence-corrected chi connectivity index (χ4v) is 3.71. The van der Waals surface area contributed by atoms with Gasteiger partial charge < -0.3 is 28.9 Å². The molecule has 0 saturated heterocycles. The predicted octanol–water partition coefficient (Wildman–Crippen LogP) is 4.18. The van der Waals surface area contributed by atoms with Gasteiger partial charge in [-0.2, -0.15) is 0 Å². The van der Waals surface area contributed by atoms with E-state index in [0.29, 0.717) is 46.3 Å². The van der Waals surface area contributed by atoms with Crippen LogP contribution in [-0.2, 0) is 16.0 Å². The standard InChI is InChI=1S/C25H25N3O6/c1-25(2,12-16-11-18-19(31-3)6-5-7-20(18)34-16)28-24(30)23(29)27-15-8-9-17(21(10-15)32-4)22-13-26-14-33-22/h5-11,13-14H,12H2,1-4H3,(H,27,29)(H,28,30). The van der Waals surface area contributed by atoms with Crippen LogP contribution < -0.4 is 20.1 Å². The second-order valence-corrected chi connectivity index (χ2v) is 8.33. The van der Waals surface area contributed by atoms with E-state index in [4.69, 9.17) is 18.3 Å². The van der Waals surface area contributed by atoms with Gasteiger partial charge in [0.2, 0.25) is 0 Å². The number of nitrogens with zero attached hydrogens (tertiary/aromatic N) is 1. The van der Waals surface area contributed by atoms with Crippen molar-refractivity contribution in [1.82, 2.24) is 10.3 Å². The number of aromatic nitrogens is 1. The lowest BCUT2D eigenvalue weighted by Crippen LogP contribution is -2.49. The first-order valence-corrected chi connectivity index (χ1v) is 10.6. The molecule has 0 unspecified atom stereocenters. The monoisotopic (exact) mass is 463 g/mol. The van der Waals surface area contributed by atoms with Crippen molar-refractivity contribution in [1.29, 1.82) is 0 Å². The number of furan rings is 1. The van der Waals surface area contributed by atoms with E-state index in [1.165, 1.54) is 13.5 Å². The summed E-state index contributed by atoms with van der Waals surface area (Å²) in [5.41, 5.74) is 1.02. The molecule has 9 nitrogen and oxygen atoms in total. The van der Waals surface area contributed by atoms with Crippen LogP contribution in [0.2, 0.25) is 0 Å². The maximum atomic E-state index is 12.6. The van der Waals surface area contributed by atoms with Crippen LogP contribution in [0.5, 0.6) is 11.5 Å². The smallest absolute Gasteiger partial charge is 0.313 e. The minimum absolute atomic E-state index is 0.379. The first-order chi connectivity index (χ1) is 16.3. The van der Waals surface area contributed by atoms with Gasteiger partial charge >= 0.3 is 11.8 Å². The molecule has 0 bridgehead atoms. The number of anilines is 1. The Morgan fingerprint density at radius 1 is 1.03 bits per heavy atom. The highest BCUT2D eigenvalue weighted by Crippen LogP contribution is 2.32.